The molecule has 102 valence electrons. The number of likely N-dealkylation sites (N-methyl/N-ethyl adjacent to an activating group) is 1. The van der Waals surface area contributed by atoms with E-state index in [0.29, 0.717) is 0 Å². The fourth-order valence-electron chi connectivity index (χ4n) is 1.14. The molecule has 0 heterocycles. The Bertz CT molecular complexity index is 307. The largest absolute Gasteiger partial charge is 0.756 e. The molecule has 0 rings (SSSR count). The van der Waals surface area contributed by atoms with Crippen molar-refractivity contribution in [3.63, 3.8) is 0 Å². The molecule has 0 fully saturated rings. The van der Waals surface area contributed by atoms with Gasteiger partial charge in [-0.25, -0.2) is 0 Å². The third-order valence-corrected chi connectivity index (χ3v) is 2.31. The highest BCUT2D eigenvalue weighted by Crippen LogP contribution is 2.33. The number of quaternary nitrogens is 1. The number of nitrogens with zero attached hydrogens (tertiary/aromatic N) is 1. The van der Waals surface area contributed by atoms with E-state index in [9.17, 15) is 14.3 Å². The first-order valence-electron chi connectivity index (χ1n) is 4.81. The zero-order valence-corrected chi connectivity index (χ0v) is 10.8. The summed E-state index contributed by atoms with van der Waals surface area (Å²) in [6.07, 6.45) is -3.27. The lowest BCUT2D eigenvalue weighted by molar-refractivity contribution is -0.872. The molecule has 3 N–H and O–H groups in total. The van der Waals surface area contributed by atoms with Gasteiger partial charge in [-0.05, 0) is 0 Å². The Labute approximate surface area is 99.3 Å². The van der Waals surface area contributed by atoms with E-state index >= 15 is 0 Å². The number of Topliss-reactive ketones (excluding diaryl/α,β-unsaturated/α-hetero) is 1. The molecular formula is C8H18NO7P. The molecule has 0 saturated carbocycles. The number of hydrogen-bond donors (Lipinski definition) is 3. The monoisotopic (exact) mass is 271 g/mol. The van der Waals surface area contributed by atoms with Gasteiger partial charge >= 0.3 is 0 Å². The Morgan fingerprint density at radius 3 is 2.24 bits per heavy atom. The van der Waals surface area contributed by atoms with Crippen molar-refractivity contribution in [3.05, 3.63) is 0 Å². The quantitative estimate of drug-likeness (QED) is 0.344. The van der Waals surface area contributed by atoms with Gasteiger partial charge in [0.1, 0.15) is 12.6 Å². The molecule has 8 nitrogen and oxygen atoms in total. The number of rotatable bonds is 7. The van der Waals surface area contributed by atoms with E-state index in [-0.39, 0.29) is 11.0 Å². The van der Waals surface area contributed by atoms with Gasteiger partial charge in [-0.2, -0.15) is 0 Å². The Balaban J connectivity index is 4.86. The van der Waals surface area contributed by atoms with Crippen molar-refractivity contribution in [2.45, 2.75) is 12.2 Å². The fraction of sp³-hybridized carbons (Fsp3) is 0.875. The number of carbonyl (C=O) groups excluding carboxylic acids is 1. The van der Waals surface area contributed by atoms with Crippen LogP contribution in [0.5, 0.6) is 0 Å². The van der Waals surface area contributed by atoms with E-state index in [2.05, 4.69) is 4.52 Å². The zero-order valence-electron chi connectivity index (χ0n) is 9.94. The van der Waals surface area contributed by atoms with E-state index < -0.39 is 32.4 Å². The van der Waals surface area contributed by atoms with E-state index in [4.69, 9.17) is 15.1 Å². The number of phosphoric acid groups is 1. The second-order valence-corrected chi connectivity index (χ2v) is 5.78. The summed E-state index contributed by atoms with van der Waals surface area (Å²) in [6.45, 7) is -0.924. The van der Waals surface area contributed by atoms with Gasteiger partial charge in [0.05, 0.1) is 27.7 Å². The Hall–Kier alpha value is -0.340. The maximum Gasteiger partial charge on any atom is 0.266 e. The molecule has 0 radical (unpaired) electrons. The molecule has 0 aliphatic rings. The first-order chi connectivity index (χ1) is 7.46. The highest BCUT2D eigenvalue weighted by atomic mass is 31.2. The number of phosphoric ester groups is 1. The van der Waals surface area contributed by atoms with Crippen LogP contribution in [-0.4, -0.2) is 71.9 Å². The molecule has 3 atom stereocenters. The molecule has 0 bridgehead atoms. The summed E-state index contributed by atoms with van der Waals surface area (Å²) in [6, 6.07) is 0. The first-order valence-corrected chi connectivity index (χ1v) is 6.31. The van der Waals surface area contributed by atoms with Crippen LogP contribution in [0.15, 0.2) is 0 Å². The van der Waals surface area contributed by atoms with Gasteiger partial charge in [0.25, 0.3) is 7.82 Å². The molecule has 9 heteroatoms. The van der Waals surface area contributed by atoms with Gasteiger partial charge in [0.2, 0.25) is 0 Å². The lowest BCUT2D eigenvalue weighted by Crippen LogP contribution is -2.48. The fourth-order valence-corrected chi connectivity index (χ4v) is 1.63. The van der Waals surface area contributed by atoms with Crippen LogP contribution in [0.3, 0.4) is 0 Å². The van der Waals surface area contributed by atoms with Gasteiger partial charge in [-0.3, -0.25) is 9.36 Å². The average molecular weight is 271 g/mol. The molecule has 0 saturated heterocycles. The standard InChI is InChI=1S/C8H18NO7P/c1-9(2,3)4-7(16-17(13,14)15)8(12)6(11)5-10/h6-7,10-11H,4-5H2,1-3H3,(H-,13,14,15). The number of carbonyl (C=O) groups is 1. The molecular weight excluding hydrogens is 253 g/mol. The second-order valence-electron chi connectivity index (χ2n) is 4.64. The Kier molecular flexibility index (Phi) is 5.89. The molecule has 17 heavy (non-hydrogen) atoms. The third-order valence-electron chi connectivity index (χ3n) is 1.79. The summed E-state index contributed by atoms with van der Waals surface area (Å²) >= 11 is 0. The molecule has 0 aromatic rings. The third kappa shape index (κ3) is 7.56. The van der Waals surface area contributed by atoms with Crippen LogP contribution in [0.1, 0.15) is 0 Å². The van der Waals surface area contributed by atoms with Crippen LogP contribution in [0.4, 0.5) is 0 Å². The summed E-state index contributed by atoms with van der Waals surface area (Å²) < 4.78 is 15.0. The van der Waals surface area contributed by atoms with E-state index in [1.165, 1.54) is 0 Å². The number of ketones is 1. The van der Waals surface area contributed by atoms with Crippen LogP contribution < -0.4 is 4.89 Å². The molecule has 0 aromatic carbocycles. The van der Waals surface area contributed by atoms with Crippen molar-refractivity contribution in [2.24, 2.45) is 0 Å². The topological polar surface area (TPSA) is 127 Å². The first kappa shape index (κ1) is 16.7. The van der Waals surface area contributed by atoms with Crippen molar-refractivity contribution in [1.82, 2.24) is 0 Å². The molecule has 0 amide bonds. The summed E-state index contributed by atoms with van der Waals surface area (Å²) in [4.78, 5) is 30.7. The number of aliphatic hydroxyl groups is 2. The predicted octanol–water partition coefficient (Wildman–Crippen LogP) is -2.54. The van der Waals surface area contributed by atoms with Gasteiger partial charge < -0.3 is 29.0 Å². The van der Waals surface area contributed by atoms with E-state index in [1.807, 2.05) is 0 Å². The average Bonchev–Trinajstić information content (AvgIpc) is 2.09. The predicted molar refractivity (Wildman–Crippen MR) is 55.7 cm³/mol. The molecule has 0 spiro atoms. The van der Waals surface area contributed by atoms with Crippen molar-refractivity contribution in [2.75, 3.05) is 34.3 Å². The molecule has 0 aromatic heterocycles. The Morgan fingerprint density at radius 2 is 1.94 bits per heavy atom. The van der Waals surface area contributed by atoms with Gasteiger partial charge in [-0.1, -0.05) is 0 Å². The van der Waals surface area contributed by atoms with Crippen molar-refractivity contribution >= 4 is 13.6 Å². The smallest absolute Gasteiger partial charge is 0.266 e. The molecule has 0 aliphatic heterocycles. The lowest BCUT2D eigenvalue weighted by atomic mass is 10.1. The van der Waals surface area contributed by atoms with Crippen molar-refractivity contribution in [1.29, 1.82) is 0 Å². The minimum Gasteiger partial charge on any atom is -0.756 e. The van der Waals surface area contributed by atoms with E-state index in [1.54, 1.807) is 21.1 Å². The van der Waals surface area contributed by atoms with Gasteiger partial charge in [0, 0.05) is 0 Å². The molecule has 3 unspecified atom stereocenters. The minimum absolute atomic E-state index is 0.0807. The van der Waals surface area contributed by atoms with Crippen LogP contribution >= 0.6 is 7.82 Å². The van der Waals surface area contributed by atoms with Gasteiger partial charge in [-0.15, -0.1) is 0 Å². The van der Waals surface area contributed by atoms with Crippen LogP contribution in [0.25, 0.3) is 0 Å². The summed E-state index contributed by atoms with van der Waals surface area (Å²) in [5.74, 6) is -0.995. The molecule has 0 aliphatic carbocycles. The van der Waals surface area contributed by atoms with Crippen LogP contribution in [0.2, 0.25) is 0 Å². The summed E-state index contributed by atoms with van der Waals surface area (Å²) in [5, 5.41) is 17.7. The van der Waals surface area contributed by atoms with Crippen LogP contribution in [-0.2, 0) is 13.9 Å². The number of hydrogen-bond acceptors (Lipinski definition) is 6. The SMILES string of the molecule is C[N+](C)(C)CC(OP(=O)([O-])O)C(=O)C(O)CO. The van der Waals surface area contributed by atoms with E-state index in [0.717, 1.165) is 0 Å². The van der Waals surface area contributed by atoms with Gasteiger partial charge in [0.15, 0.2) is 11.9 Å². The summed E-state index contributed by atoms with van der Waals surface area (Å²) in [7, 11) is -0.0794. The van der Waals surface area contributed by atoms with Crippen molar-refractivity contribution < 1.29 is 38.4 Å². The zero-order chi connectivity index (χ0) is 13.9. The highest BCUT2D eigenvalue weighted by Gasteiger charge is 2.33. The summed E-state index contributed by atoms with van der Waals surface area (Å²) in [5.41, 5.74) is 0. The normalized spacial score (nSPS) is 19.5. The highest BCUT2D eigenvalue weighted by molar-refractivity contribution is 7.44. The minimum atomic E-state index is -5.09. The lowest BCUT2D eigenvalue weighted by Gasteiger charge is -2.31. The van der Waals surface area contributed by atoms with Crippen molar-refractivity contribution in [3.8, 4) is 0 Å². The Morgan fingerprint density at radius 1 is 1.47 bits per heavy atom. The second kappa shape index (κ2) is 6.01. The maximum atomic E-state index is 11.5. The number of aliphatic hydroxyl groups excluding tert-OH is 2. The van der Waals surface area contributed by atoms with Crippen LogP contribution in [0, 0.1) is 0 Å². The maximum absolute atomic E-state index is 11.5.